The number of benzene rings is 1. The van der Waals surface area contributed by atoms with Crippen LogP contribution in [0.15, 0.2) is 24.3 Å². The van der Waals surface area contributed by atoms with Crippen molar-refractivity contribution in [3.05, 3.63) is 46.2 Å². The highest BCUT2D eigenvalue weighted by molar-refractivity contribution is 6.30. The highest BCUT2D eigenvalue weighted by atomic mass is 35.5. The van der Waals surface area contributed by atoms with E-state index < -0.39 is 5.60 Å². The SMILES string of the molecule is Cc1nnn(Cc2cc(Cl)ccc2/C=C/C(=O)N(C)CC2CCN(C(=O)OC(C)(C)C)CC2)n1. The summed E-state index contributed by atoms with van der Waals surface area (Å²) in [6.45, 7) is 9.70. The van der Waals surface area contributed by atoms with Crippen LogP contribution in [0.5, 0.6) is 0 Å². The maximum Gasteiger partial charge on any atom is 0.410 e. The molecule has 1 aromatic carbocycles. The molecule has 2 aromatic rings. The minimum atomic E-state index is -0.498. The average molecular weight is 489 g/mol. The normalized spacial score (nSPS) is 15.1. The first-order chi connectivity index (χ1) is 16.0. The van der Waals surface area contributed by atoms with Gasteiger partial charge in [-0.15, -0.1) is 10.2 Å². The van der Waals surface area contributed by atoms with Crippen molar-refractivity contribution in [1.82, 2.24) is 30.0 Å². The first kappa shape index (κ1) is 25.7. The van der Waals surface area contributed by atoms with E-state index in [9.17, 15) is 9.59 Å². The van der Waals surface area contributed by atoms with Gasteiger partial charge >= 0.3 is 6.09 Å². The highest BCUT2D eigenvalue weighted by Gasteiger charge is 2.27. The first-order valence-electron chi connectivity index (χ1n) is 11.4. The standard InChI is InChI=1S/C24H33ClN6O3/c1-17-26-28-31(27-17)16-20-14-21(25)8-6-19(20)7-9-22(32)29(5)15-18-10-12-30(13-11-18)23(33)34-24(2,3)4/h6-9,14,18H,10-13,15-16H2,1-5H3/b9-7+. The van der Waals surface area contributed by atoms with Crippen LogP contribution < -0.4 is 0 Å². The largest absolute Gasteiger partial charge is 0.444 e. The molecule has 34 heavy (non-hydrogen) atoms. The second-order valence-electron chi connectivity index (χ2n) is 9.67. The van der Waals surface area contributed by atoms with E-state index in [1.54, 1.807) is 42.0 Å². The molecule has 184 valence electrons. The van der Waals surface area contributed by atoms with Crippen LogP contribution in [-0.2, 0) is 16.1 Å². The van der Waals surface area contributed by atoms with Crippen LogP contribution in [0.4, 0.5) is 4.79 Å². The van der Waals surface area contributed by atoms with E-state index in [4.69, 9.17) is 16.3 Å². The fourth-order valence-corrected chi connectivity index (χ4v) is 4.00. The van der Waals surface area contributed by atoms with Crippen molar-refractivity contribution in [2.45, 2.75) is 52.7 Å². The van der Waals surface area contributed by atoms with Crippen LogP contribution in [0.1, 0.15) is 50.6 Å². The fraction of sp³-hybridized carbons (Fsp3) is 0.542. The van der Waals surface area contributed by atoms with Gasteiger partial charge in [0.05, 0.1) is 6.54 Å². The average Bonchev–Trinajstić information content (AvgIpc) is 3.16. The van der Waals surface area contributed by atoms with Gasteiger partial charge in [0.15, 0.2) is 5.82 Å². The molecular formula is C24H33ClN6O3. The zero-order chi connectivity index (χ0) is 24.9. The van der Waals surface area contributed by atoms with Crippen molar-refractivity contribution in [2.24, 2.45) is 5.92 Å². The third-order valence-electron chi connectivity index (χ3n) is 5.55. The second kappa shape index (κ2) is 11.0. The molecule has 1 aliphatic heterocycles. The van der Waals surface area contributed by atoms with E-state index in [2.05, 4.69) is 15.4 Å². The Hall–Kier alpha value is -2.94. The van der Waals surface area contributed by atoms with Crippen LogP contribution in [-0.4, -0.2) is 74.3 Å². The van der Waals surface area contributed by atoms with Gasteiger partial charge in [0, 0.05) is 37.8 Å². The van der Waals surface area contributed by atoms with Gasteiger partial charge in [0.25, 0.3) is 0 Å². The van der Waals surface area contributed by atoms with Gasteiger partial charge < -0.3 is 14.5 Å². The van der Waals surface area contributed by atoms with E-state index >= 15 is 0 Å². The molecule has 0 saturated carbocycles. The highest BCUT2D eigenvalue weighted by Crippen LogP contribution is 2.21. The summed E-state index contributed by atoms with van der Waals surface area (Å²) in [5.41, 5.74) is 1.26. The van der Waals surface area contributed by atoms with E-state index in [0.29, 0.717) is 42.9 Å². The Kier molecular flexibility index (Phi) is 8.30. The molecule has 0 spiro atoms. The predicted octanol–water partition coefficient (Wildman–Crippen LogP) is 3.80. The number of likely N-dealkylation sites (N-methyl/N-ethyl adjacent to an activating group) is 1. The lowest BCUT2D eigenvalue weighted by Gasteiger charge is -2.34. The topological polar surface area (TPSA) is 93.5 Å². The van der Waals surface area contributed by atoms with Crippen LogP contribution >= 0.6 is 11.6 Å². The molecule has 0 atom stereocenters. The molecule has 0 bridgehead atoms. The van der Waals surface area contributed by atoms with Crippen molar-refractivity contribution < 1.29 is 14.3 Å². The Balaban J connectivity index is 1.54. The molecule has 0 unspecified atom stereocenters. The molecule has 1 aromatic heterocycles. The minimum Gasteiger partial charge on any atom is -0.444 e. The lowest BCUT2D eigenvalue weighted by atomic mass is 9.96. The number of halogens is 1. The van der Waals surface area contributed by atoms with Gasteiger partial charge in [-0.2, -0.15) is 4.80 Å². The van der Waals surface area contributed by atoms with E-state index in [0.717, 1.165) is 24.0 Å². The number of aromatic nitrogens is 4. The van der Waals surface area contributed by atoms with Crippen molar-refractivity contribution in [3.63, 3.8) is 0 Å². The van der Waals surface area contributed by atoms with Gasteiger partial charge in [-0.05, 0) is 81.0 Å². The number of likely N-dealkylation sites (tertiary alicyclic amines) is 1. The fourth-order valence-electron chi connectivity index (χ4n) is 3.81. The van der Waals surface area contributed by atoms with Crippen molar-refractivity contribution in [1.29, 1.82) is 0 Å². The number of tetrazole rings is 1. The number of rotatable bonds is 6. The predicted molar refractivity (Wildman–Crippen MR) is 130 cm³/mol. The van der Waals surface area contributed by atoms with Crippen LogP contribution in [0, 0.1) is 12.8 Å². The molecule has 1 aliphatic rings. The lowest BCUT2D eigenvalue weighted by molar-refractivity contribution is -0.125. The summed E-state index contributed by atoms with van der Waals surface area (Å²) in [6, 6.07) is 5.50. The summed E-state index contributed by atoms with van der Waals surface area (Å²) in [6.07, 6.45) is 4.77. The number of carbonyl (C=O) groups excluding carboxylic acids is 2. The van der Waals surface area contributed by atoms with Gasteiger partial charge in [-0.1, -0.05) is 17.7 Å². The Morgan fingerprint density at radius 3 is 2.59 bits per heavy atom. The van der Waals surface area contributed by atoms with Crippen LogP contribution in [0.2, 0.25) is 5.02 Å². The summed E-state index contributed by atoms with van der Waals surface area (Å²) < 4.78 is 5.45. The van der Waals surface area contributed by atoms with Crippen LogP contribution in [0.25, 0.3) is 6.08 Å². The number of aryl methyl sites for hydroxylation is 1. The number of amides is 2. The van der Waals surface area contributed by atoms with E-state index in [1.807, 2.05) is 32.9 Å². The lowest BCUT2D eigenvalue weighted by Crippen LogP contribution is -2.43. The molecule has 2 heterocycles. The molecule has 9 nitrogen and oxygen atoms in total. The summed E-state index contributed by atoms with van der Waals surface area (Å²) in [5, 5.41) is 12.7. The van der Waals surface area contributed by atoms with E-state index in [-0.39, 0.29) is 12.0 Å². The number of piperidine rings is 1. The quantitative estimate of drug-likeness (QED) is 0.574. The molecule has 2 amide bonds. The molecule has 0 radical (unpaired) electrons. The summed E-state index contributed by atoms with van der Waals surface area (Å²) in [5.74, 6) is 0.854. The maximum atomic E-state index is 12.7. The zero-order valence-electron chi connectivity index (χ0n) is 20.5. The molecule has 10 heteroatoms. The molecule has 0 N–H and O–H groups in total. The van der Waals surface area contributed by atoms with Crippen LogP contribution in [0.3, 0.4) is 0 Å². The van der Waals surface area contributed by atoms with Gasteiger partial charge in [-0.25, -0.2) is 4.79 Å². The maximum absolute atomic E-state index is 12.7. The molecule has 3 rings (SSSR count). The van der Waals surface area contributed by atoms with Gasteiger partial charge in [-0.3, -0.25) is 4.79 Å². The Labute approximate surface area is 205 Å². The third kappa shape index (κ3) is 7.55. The number of ether oxygens (including phenoxy) is 1. The number of carbonyl (C=O) groups is 2. The minimum absolute atomic E-state index is 0.0785. The van der Waals surface area contributed by atoms with Gasteiger partial charge in [0.1, 0.15) is 5.60 Å². The second-order valence-corrected chi connectivity index (χ2v) is 10.1. The number of nitrogens with zero attached hydrogens (tertiary/aromatic N) is 6. The molecule has 1 saturated heterocycles. The van der Waals surface area contributed by atoms with Crippen molar-refractivity contribution >= 4 is 29.7 Å². The third-order valence-corrected chi connectivity index (χ3v) is 5.78. The molecular weight excluding hydrogens is 456 g/mol. The van der Waals surface area contributed by atoms with Crippen molar-refractivity contribution in [3.8, 4) is 0 Å². The zero-order valence-corrected chi connectivity index (χ0v) is 21.2. The Morgan fingerprint density at radius 2 is 1.97 bits per heavy atom. The number of hydrogen-bond acceptors (Lipinski definition) is 6. The summed E-state index contributed by atoms with van der Waals surface area (Å²) in [7, 11) is 1.80. The molecule has 0 aliphatic carbocycles. The Morgan fingerprint density at radius 1 is 1.26 bits per heavy atom. The molecule has 1 fully saturated rings. The van der Waals surface area contributed by atoms with Crippen molar-refractivity contribution in [2.75, 3.05) is 26.7 Å². The summed E-state index contributed by atoms with van der Waals surface area (Å²) in [4.78, 5) is 30.0. The number of hydrogen-bond donors (Lipinski definition) is 0. The van der Waals surface area contributed by atoms with E-state index in [1.165, 1.54) is 4.80 Å². The first-order valence-corrected chi connectivity index (χ1v) is 11.8. The smallest absolute Gasteiger partial charge is 0.410 e. The summed E-state index contributed by atoms with van der Waals surface area (Å²) >= 11 is 6.17. The Bertz CT molecular complexity index is 1040. The van der Waals surface area contributed by atoms with Gasteiger partial charge in [0.2, 0.25) is 5.91 Å². The monoisotopic (exact) mass is 488 g/mol.